The van der Waals surface area contributed by atoms with E-state index in [1.54, 1.807) is 24.6 Å². The summed E-state index contributed by atoms with van der Waals surface area (Å²) in [7, 11) is 1.58. The maximum atomic E-state index is 13.0. The minimum atomic E-state index is -0.625. The summed E-state index contributed by atoms with van der Waals surface area (Å²) >= 11 is 2.46. The van der Waals surface area contributed by atoms with Crippen molar-refractivity contribution in [1.82, 2.24) is 4.98 Å². The van der Waals surface area contributed by atoms with E-state index >= 15 is 0 Å². The lowest BCUT2D eigenvalue weighted by molar-refractivity contribution is 0.100. The predicted octanol–water partition coefficient (Wildman–Crippen LogP) is 4.58. The Morgan fingerprint density at radius 1 is 1.16 bits per heavy atom. The SMILES string of the molecule is COc1ccc(-c2csc(NC(=O)c3sc4nc(C)cc(C)c4c3N)c2C(N)=O)cc1. The van der Waals surface area contributed by atoms with Gasteiger partial charge in [-0.3, -0.25) is 9.59 Å². The van der Waals surface area contributed by atoms with Crippen molar-refractivity contribution in [3.8, 4) is 16.9 Å². The quantitative estimate of drug-likeness (QED) is 0.409. The third-order valence-corrected chi connectivity index (χ3v) is 6.89. The second-order valence-corrected chi connectivity index (χ2v) is 8.88. The zero-order valence-corrected chi connectivity index (χ0v) is 18.7. The number of pyridine rings is 1. The van der Waals surface area contributed by atoms with Gasteiger partial charge in [-0.05, 0) is 43.2 Å². The number of amides is 2. The van der Waals surface area contributed by atoms with Gasteiger partial charge in [0.25, 0.3) is 11.8 Å². The van der Waals surface area contributed by atoms with Gasteiger partial charge in [-0.1, -0.05) is 12.1 Å². The molecule has 7 nitrogen and oxygen atoms in total. The van der Waals surface area contributed by atoms with Crippen molar-refractivity contribution in [2.45, 2.75) is 13.8 Å². The van der Waals surface area contributed by atoms with Gasteiger partial charge in [-0.25, -0.2) is 4.98 Å². The van der Waals surface area contributed by atoms with E-state index in [9.17, 15) is 9.59 Å². The highest BCUT2D eigenvalue weighted by atomic mass is 32.1. The number of nitrogens with one attached hydrogen (secondary N) is 1. The Bertz CT molecular complexity index is 1320. The number of nitrogen functional groups attached to an aromatic ring is 1. The number of primary amides is 1. The Kier molecular flexibility index (Phi) is 5.38. The number of benzene rings is 1. The zero-order chi connectivity index (χ0) is 22.3. The van der Waals surface area contributed by atoms with Crippen molar-refractivity contribution in [3.05, 3.63) is 57.4 Å². The van der Waals surface area contributed by atoms with Crippen LogP contribution in [-0.2, 0) is 0 Å². The normalized spacial score (nSPS) is 10.9. The molecule has 0 radical (unpaired) electrons. The summed E-state index contributed by atoms with van der Waals surface area (Å²) in [6.07, 6.45) is 0. The highest BCUT2D eigenvalue weighted by Crippen LogP contribution is 2.38. The molecule has 0 saturated carbocycles. The molecule has 0 spiro atoms. The number of hydrogen-bond acceptors (Lipinski definition) is 7. The molecule has 0 atom stereocenters. The van der Waals surface area contributed by atoms with E-state index in [1.807, 2.05) is 32.0 Å². The molecular weight excluding hydrogens is 432 g/mol. The first-order valence-corrected chi connectivity index (χ1v) is 11.0. The van der Waals surface area contributed by atoms with Crippen molar-refractivity contribution in [2.24, 2.45) is 5.73 Å². The molecule has 0 fully saturated rings. The molecule has 9 heteroatoms. The minimum Gasteiger partial charge on any atom is -0.497 e. The number of hydrogen-bond donors (Lipinski definition) is 3. The number of methoxy groups -OCH3 is 1. The number of ether oxygens (including phenoxy) is 1. The molecule has 0 unspecified atom stereocenters. The summed E-state index contributed by atoms with van der Waals surface area (Å²) < 4.78 is 5.18. The van der Waals surface area contributed by atoms with E-state index < -0.39 is 11.8 Å². The summed E-state index contributed by atoms with van der Waals surface area (Å²) in [6.45, 7) is 3.83. The first-order chi connectivity index (χ1) is 14.8. The lowest BCUT2D eigenvalue weighted by atomic mass is 10.0. The Balaban J connectivity index is 1.71. The van der Waals surface area contributed by atoms with Gasteiger partial charge in [0.2, 0.25) is 0 Å². The maximum absolute atomic E-state index is 13.0. The van der Waals surface area contributed by atoms with Crippen LogP contribution in [0.25, 0.3) is 21.3 Å². The monoisotopic (exact) mass is 452 g/mol. The van der Waals surface area contributed by atoms with E-state index in [4.69, 9.17) is 16.2 Å². The van der Waals surface area contributed by atoms with Crippen LogP contribution in [-0.4, -0.2) is 23.9 Å². The number of nitrogens with two attached hydrogens (primary N) is 2. The number of carbonyl (C=O) groups excluding carboxylic acids is 2. The fourth-order valence-corrected chi connectivity index (χ4v) is 5.56. The molecule has 5 N–H and O–H groups in total. The molecule has 0 bridgehead atoms. The lowest BCUT2D eigenvalue weighted by Gasteiger charge is -2.07. The van der Waals surface area contributed by atoms with Crippen LogP contribution in [0, 0.1) is 13.8 Å². The molecule has 0 aliphatic rings. The highest BCUT2D eigenvalue weighted by Gasteiger charge is 2.23. The minimum absolute atomic E-state index is 0.258. The number of thiophene rings is 2. The summed E-state index contributed by atoms with van der Waals surface area (Å²) in [5.41, 5.74) is 15.8. The van der Waals surface area contributed by atoms with Crippen LogP contribution in [0.2, 0.25) is 0 Å². The molecule has 0 aliphatic carbocycles. The van der Waals surface area contributed by atoms with E-state index in [0.29, 0.717) is 31.7 Å². The van der Waals surface area contributed by atoms with Gasteiger partial charge in [0.1, 0.15) is 20.5 Å². The molecule has 3 heterocycles. The summed E-state index contributed by atoms with van der Waals surface area (Å²) in [6, 6.07) is 9.19. The zero-order valence-electron chi connectivity index (χ0n) is 17.1. The van der Waals surface area contributed by atoms with Crippen LogP contribution >= 0.6 is 22.7 Å². The van der Waals surface area contributed by atoms with Crippen LogP contribution in [0.4, 0.5) is 10.7 Å². The Morgan fingerprint density at radius 2 is 1.87 bits per heavy atom. The molecule has 1 aromatic carbocycles. The molecule has 158 valence electrons. The van der Waals surface area contributed by atoms with Gasteiger partial charge in [-0.15, -0.1) is 22.7 Å². The summed E-state index contributed by atoms with van der Waals surface area (Å²) in [5, 5.41) is 5.76. The largest absolute Gasteiger partial charge is 0.497 e. The van der Waals surface area contributed by atoms with Gasteiger partial charge in [0.05, 0.1) is 18.4 Å². The summed E-state index contributed by atoms with van der Waals surface area (Å²) in [4.78, 5) is 30.8. The van der Waals surface area contributed by atoms with Gasteiger partial charge in [-0.2, -0.15) is 0 Å². The van der Waals surface area contributed by atoms with Crippen LogP contribution < -0.4 is 21.5 Å². The standard InChI is InChI=1S/C22H20N4O3S2/c1-10-8-11(2)25-22-15(10)17(23)18(31-22)20(28)26-21-16(19(24)27)14(9-30-21)12-4-6-13(29-3)7-5-12/h4-9H,23H2,1-3H3,(H2,24,27)(H,26,28). The van der Waals surface area contributed by atoms with E-state index in [-0.39, 0.29) is 5.56 Å². The number of aromatic nitrogens is 1. The molecule has 4 rings (SSSR count). The summed E-state index contributed by atoms with van der Waals surface area (Å²) in [5.74, 6) is -0.324. The van der Waals surface area contributed by atoms with Crippen LogP contribution in [0.3, 0.4) is 0 Å². The fraction of sp³-hybridized carbons (Fsp3) is 0.136. The smallest absolute Gasteiger partial charge is 0.268 e. The van der Waals surface area contributed by atoms with Crippen molar-refractivity contribution >= 4 is 55.4 Å². The Morgan fingerprint density at radius 3 is 2.52 bits per heavy atom. The molecular formula is C22H20N4O3S2. The average Bonchev–Trinajstić information content (AvgIpc) is 3.29. The van der Waals surface area contributed by atoms with Crippen molar-refractivity contribution in [3.63, 3.8) is 0 Å². The maximum Gasteiger partial charge on any atom is 0.268 e. The third kappa shape index (κ3) is 3.73. The number of fused-ring (bicyclic) bond motifs is 1. The van der Waals surface area contributed by atoms with E-state index in [1.165, 1.54) is 22.7 Å². The van der Waals surface area contributed by atoms with Crippen LogP contribution in [0.15, 0.2) is 35.7 Å². The number of rotatable bonds is 5. The number of anilines is 2. The number of carbonyl (C=O) groups is 2. The molecule has 0 aliphatic heterocycles. The van der Waals surface area contributed by atoms with Gasteiger partial charge in [0.15, 0.2) is 0 Å². The lowest BCUT2D eigenvalue weighted by Crippen LogP contribution is -2.17. The van der Waals surface area contributed by atoms with E-state index in [0.717, 1.165) is 22.2 Å². The Hall–Kier alpha value is -3.43. The molecule has 4 aromatic rings. The van der Waals surface area contributed by atoms with Gasteiger partial charge < -0.3 is 21.5 Å². The molecule has 31 heavy (non-hydrogen) atoms. The van der Waals surface area contributed by atoms with Crippen molar-refractivity contribution in [2.75, 3.05) is 18.2 Å². The molecule has 2 amide bonds. The first-order valence-electron chi connectivity index (χ1n) is 9.33. The number of nitrogens with zero attached hydrogens (tertiary/aromatic N) is 1. The molecule has 0 saturated heterocycles. The third-order valence-electron chi connectivity index (χ3n) is 4.90. The van der Waals surface area contributed by atoms with Crippen LogP contribution in [0.1, 0.15) is 31.3 Å². The number of aryl methyl sites for hydroxylation is 2. The van der Waals surface area contributed by atoms with Crippen molar-refractivity contribution in [1.29, 1.82) is 0 Å². The Labute approximate surface area is 186 Å². The van der Waals surface area contributed by atoms with E-state index in [2.05, 4.69) is 10.3 Å². The van der Waals surface area contributed by atoms with Crippen molar-refractivity contribution < 1.29 is 14.3 Å². The topological polar surface area (TPSA) is 120 Å². The highest BCUT2D eigenvalue weighted by molar-refractivity contribution is 7.21. The van der Waals surface area contributed by atoms with Crippen LogP contribution in [0.5, 0.6) is 5.75 Å². The predicted molar refractivity (Wildman–Crippen MR) is 126 cm³/mol. The van der Waals surface area contributed by atoms with Gasteiger partial charge >= 0.3 is 0 Å². The fourth-order valence-electron chi connectivity index (χ4n) is 3.48. The molecule has 3 aromatic heterocycles. The average molecular weight is 453 g/mol. The first kappa shape index (κ1) is 20.8. The second-order valence-electron chi connectivity index (χ2n) is 7.01. The second kappa shape index (κ2) is 8.01. The van der Waals surface area contributed by atoms with Gasteiger partial charge in [0, 0.05) is 22.0 Å².